The van der Waals surface area contributed by atoms with Gasteiger partial charge in [-0.25, -0.2) is 4.39 Å². The van der Waals surface area contributed by atoms with E-state index in [0.29, 0.717) is 0 Å². The van der Waals surface area contributed by atoms with Crippen LogP contribution < -0.4 is 10.6 Å². The SMILES string of the molecule is C#CCC(N)C(=O)N(C)c1ccccc1F. The first-order valence-electron chi connectivity index (χ1n) is 4.79. The van der Waals surface area contributed by atoms with Crippen molar-refractivity contribution in [2.45, 2.75) is 12.5 Å². The summed E-state index contributed by atoms with van der Waals surface area (Å²) in [5, 5.41) is 0. The number of para-hydroxylation sites is 1. The Hall–Kier alpha value is -1.86. The minimum atomic E-state index is -0.797. The van der Waals surface area contributed by atoms with Gasteiger partial charge >= 0.3 is 0 Å². The van der Waals surface area contributed by atoms with Crippen LogP contribution in [0.5, 0.6) is 0 Å². The van der Waals surface area contributed by atoms with E-state index < -0.39 is 17.8 Å². The molecule has 4 heteroatoms. The van der Waals surface area contributed by atoms with Crippen molar-refractivity contribution in [3.05, 3.63) is 30.1 Å². The molecule has 84 valence electrons. The molecule has 1 aromatic carbocycles. The van der Waals surface area contributed by atoms with Crippen molar-refractivity contribution in [2.24, 2.45) is 5.73 Å². The van der Waals surface area contributed by atoms with Crippen molar-refractivity contribution < 1.29 is 9.18 Å². The lowest BCUT2D eigenvalue weighted by Gasteiger charge is -2.20. The minimum Gasteiger partial charge on any atom is -0.319 e. The van der Waals surface area contributed by atoms with Crippen LogP contribution in [0.1, 0.15) is 6.42 Å². The molecule has 0 aliphatic rings. The van der Waals surface area contributed by atoms with Gasteiger partial charge in [-0.05, 0) is 12.1 Å². The maximum atomic E-state index is 13.4. The number of hydrogen-bond acceptors (Lipinski definition) is 2. The zero-order valence-corrected chi connectivity index (χ0v) is 8.98. The Morgan fingerprint density at radius 1 is 1.62 bits per heavy atom. The summed E-state index contributed by atoms with van der Waals surface area (Å²) in [5.41, 5.74) is 5.75. The second-order valence-corrected chi connectivity index (χ2v) is 3.36. The van der Waals surface area contributed by atoms with Gasteiger partial charge in [0.2, 0.25) is 5.91 Å². The molecule has 0 radical (unpaired) electrons. The summed E-state index contributed by atoms with van der Waals surface area (Å²) in [4.78, 5) is 12.9. The summed E-state index contributed by atoms with van der Waals surface area (Å²) >= 11 is 0. The fraction of sp³-hybridized carbons (Fsp3) is 0.250. The Bertz CT molecular complexity index is 425. The molecule has 0 saturated heterocycles. The first kappa shape index (κ1) is 12.2. The zero-order valence-electron chi connectivity index (χ0n) is 8.98. The highest BCUT2D eigenvalue weighted by atomic mass is 19.1. The van der Waals surface area contributed by atoms with Gasteiger partial charge in [0.15, 0.2) is 0 Å². The van der Waals surface area contributed by atoms with Crippen molar-refractivity contribution in [3.63, 3.8) is 0 Å². The van der Waals surface area contributed by atoms with Gasteiger partial charge in [-0.2, -0.15) is 0 Å². The second-order valence-electron chi connectivity index (χ2n) is 3.36. The fourth-order valence-electron chi connectivity index (χ4n) is 1.31. The van der Waals surface area contributed by atoms with Crippen LogP contribution in [0.3, 0.4) is 0 Å². The lowest BCUT2D eigenvalue weighted by Crippen LogP contribution is -2.41. The first-order chi connectivity index (χ1) is 7.57. The van der Waals surface area contributed by atoms with E-state index in [-0.39, 0.29) is 12.1 Å². The maximum Gasteiger partial charge on any atom is 0.244 e. The molecule has 3 nitrogen and oxygen atoms in total. The predicted octanol–water partition coefficient (Wildman–Crippen LogP) is 1.14. The normalized spacial score (nSPS) is 11.6. The van der Waals surface area contributed by atoms with E-state index >= 15 is 0 Å². The van der Waals surface area contributed by atoms with Crippen LogP contribution in [0.15, 0.2) is 24.3 Å². The third-order valence-electron chi connectivity index (χ3n) is 2.20. The van der Waals surface area contributed by atoms with E-state index in [1.807, 2.05) is 0 Å². The molecule has 0 aliphatic carbocycles. The highest BCUT2D eigenvalue weighted by Gasteiger charge is 2.20. The molecule has 0 aliphatic heterocycles. The second kappa shape index (κ2) is 5.29. The lowest BCUT2D eigenvalue weighted by molar-refractivity contribution is -0.119. The number of carbonyl (C=O) groups is 1. The molecule has 0 heterocycles. The number of benzene rings is 1. The molecule has 1 atom stereocenters. The highest BCUT2D eigenvalue weighted by molar-refractivity contribution is 5.96. The predicted molar refractivity (Wildman–Crippen MR) is 61.2 cm³/mol. The number of amides is 1. The quantitative estimate of drug-likeness (QED) is 0.776. The van der Waals surface area contributed by atoms with Crippen molar-refractivity contribution in [1.29, 1.82) is 0 Å². The van der Waals surface area contributed by atoms with E-state index in [0.717, 1.165) is 0 Å². The van der Waals surface area contributed by atoms with Gasteiger partial charge < -0.3 is 10.6 Å². The first-order valence-corrected chi connectivity index (χ1v) is 4.79. The van der Waals surface area contributed by atoms with Gasteiger partial charge in [-0.1, -0.05) is 12.1 Å². The number of nitrogens with zero attached hydrogens (tertiary/aromatic N) is 1. The van der Waals surface area contributed by atoms with Gasteiger partial charge in [0.05, 0.1) is 11.7 Å². The number of nitrogens with two attached hydrogens (primary N) is 1. The summed E-state index contributed by atoms with van der Waals surface area (Å²) in [7, 11) is 1.47. The lowest BCUT2D eigenvalue weighted by atomic mass is 10.2. The van der Waals surface area contributed by atoms with Crippen molar-refractivity contribution in [3.8, 4) is 12.3 Å². The van der Waals surface area contributed by atoms with Crippen LogP contribution in [0.4, 0.5) is 10.1 Å². The van der Waals surface area contributed by atoms with Crippen LogP contribution in [0, 0.1) is 18.2 Å². The Morgan fingerprint density at radius 3 is 2.81 bits per heavy atom. The summed E-state index contributed by atoms with van der Waals surface area (Å²) in [6.07, 6.45) is 5.20. The van der Waals surface area contributed by atoms with Gasteiger partial charge in [0, 0.05) is 13.5 Å². The average Bonchev–Trinajstić information content (AvgIpc) is 2.28. The van der Waals surface area contributed by atoms with E-state index in [2.05, 4.69) is 5.92 Å². The molecule has 2 N–H and O–H groups in total. The number of rotatable bonds is 3. The Labute approximate surface area is 94.0 Å². The van der Waals surface area contributed by atoms with E-state index in [4.69, 9.17) is 12.2 Å². The molecule has 1 rings (SSSR count). The Kier molecular flexibility index (Phi) is 4.03. The molecule has 0 bridgehead atoms. The number of halogens is 1. The molecule has 16 heavy (non-hydrogen) atoms. The largest absolute Gasteiger partial charge is 0.319 e. The summed E-state index contributed by atoms with van der Waals surface area (Å²) in [6, 6.07) is 5.20. The van der Waals surface area contributed by atoms with Gasteiger partial charge in [0.25, 0.3) is 0 Å². The molecule has 1 amide bonds. The highest BCUT2D eigenvalue weighted by Crippen LogP contribution is 2.17. The summed E-state index contributed by atoms with van der Waals surface area (Å²) in [5.74, 6) is 1.44. The Morgan fingerprint density at radius 2 is 2.25 bits per heavy atom. The summed E-state index contributed by atoms with van der Waals surface area (Å²) in [6.45, 7) is 0. The van der Waals surface area contributed by atoms with Crippen LogP contribution >= 0.6 is 0 Å². The standard InChI is InChI=1S/C12H13FN2O/c1-3-6-10(14)12(16)15(2)11-8-5-4-7-9(11)13/h1,4-5,7-8,10H,6,14H2,2H3. The molecule has 0 spiro atoms. The number of hydrogen-bond donors (Lipinski definition) is 1. The van der Waals surface area contributed by atoms with Gasteiger partial charge in [-0.3, -0.25) is 4.79 Å². The number of anilines is 1. The van der Waals surface area contributed by atoms with Gasteiger partial charge in [0.1, 0.15) is 5.82 Å². The maximum absolute atomic E-state index is 13.4. The number of likely N-dealkylation sites (N-methyl/N-ethyl adjacent to an activating group) is 1. The van der Waals surface area contributed by atoms with Crippen molar-refractivity contribution >= 4 is 11.6 Å². The van der Waals surface area contributed by atoms with Crippen LogP contribution in [-0.4, -0.2) is 19.0 Å². The smallest absolute Gasteiger partial charge is 0.244 e. The van der Waals surface area contributed by atoms with Gasteiger partial charge in [-0.15, -0.1) is 12.3 Å². The molecule has 0 saturated carbocycles. The Balaban J connectivity index is 2.87. The molecule has 0 aromatic heterocycles. The van der Waals surface area contributed by atoms with E-state index in [9.17, 15) is 9.18 Å². The summed E-state index contributed by atoms with van der Waals surface area (Å²) < 4.78 is 13.4. The fourth-order valence-corrected chi connectivity index (χ4v) is 1.31. The third kappa shape index (κ3) is 2.59. The van der Waals surface area contributed by atoms with Crippen LogP contribution in [0.2, 0.25) is 0 Å². The molecule has 1 aromatic rings. The third-order valence-corrected chi connectivity index (χ3v) is 2.20. The monoisotopic (exact) mass is 220 g/mol. The molecular formula is C12H13FN2O. The zero-order chi connectivity index (χ0) is 12.1. The topological polar surface area (TPSA) is 46.3 Å². The van der Waals surface area contributed by atoms with Crippen molar-refractivity contribution in [2.75, 3.05) is 11.9 Å². The van der Waals surface area contributed by atoms with E-state index in [1.54, 1.807) is 12.1 Å². The average molecular weight is 220 g/mol. The number of carbonyl (C=O) groups excluding carboxylic acids is 1. The van der Waals surface area contributed by atoms with E-state index in [1.165, 1.54) is 24.1 Å². The van der Waals surface area contributed by atoms with Crippen molar-refractivity contribution in [1.82, 2.24) is 0 Å². The minimum absolute atomic E-state index is 0.137. The molecule has 1 unspecified atom stereocenters. The van der Waals surface area contributed by atoms with Crippen LogP contribution in [-0.2, 0) is 4.79 Å². The molecule has 0 fully saturated rings. The number of terminal acetylenes is 1. The van der Waals surface area contributed by atoms with Crippen LogP contribution in [0.25, 0.3) is 0 Å². The molecular weight excluding hydrogens is 207 g/mol.